The van der Waals surface area contributed by atoms with Crippen LogP contribution in [0.15, 0.2) is 47.4 Å². The van der Waals surface area contributed by atoms with Crippen molar-refractivity contribution in [1.29, 1.82) is 0 Å². The smallest absolute Gasteiger partial charge is 0.282 e. The quantitative estimate of drug-likeness (QED) is 0.521. The molecule has 0 fully saturated rings. The van der Waals surface area contributed by atoms with Crippen molar-refractivity contribution in [1.82, 2.24) is 5.32 Å². The summed E-state index contributed by atoms with van der Waals surface area (Å²) < 4.78 is 12.8. The van der Waals surface area contributed by atoms with Gasteiger partial charge in [-0.25, -0.2) is 4.39 Å². The molecular weight excluding hydrogens is 307 g/mol. The number of hydrogen-bond donors (Lipinski definition) is 1. The third kappa shape index (κ3) is 3.82. The van der Waals surface area contributed by atoms with Crippen molar-refractivity contribution in [2.75, 3.05) is 6.26 Å². The number of carbonyl (C=O) groups excluding carboxylic acids is 1. The Morgan fingerprint density at radius 1 is 1.27 bits per heavy atom. The average Bonchev–Trinajstić information content (AvgIpc) is 2.53. The molecule has 1 amide bonds. The van der Waals surface area contributed by atoms with E-state index in [-0.39, 0.29) is 23.6 Å². The van der Waals surface area contributed by atoms with Gasteiger partial charge in [0.15, 0.2) is 0 Å². The van der Waals surface area contributed by atoms with E-state index < -0.39 is 10.8 Å². The summed E-state index contributed by atoms with van der Waals surface area (Å²) >= 11 is 1.39. The van der Waals surface area contributed by atoms with Crippen LogP contribution in [0.5, 0.6) is 0 Å². The molecule has 0 atom stereocenters. The van der Waals surface area contributed by atoms with Crippen LogP contribution in [0.3, 0.4) is 0 Å². The summed E-state index contributed by atoms with van der Waals surface area (Å²) in [6.45, 7) is 0.166. The number of thioether (sulfide) groups is 1. The van der Waals surface area contributed by atoms with Crippen LogP contribution < -0.4 is 5.32 Å². The number of benzene rings is 2. The van der Waals surface area contributed by atoms with Crippen molar-refractivity contribution < 1.29 is 14.1 Å². The predicted molar refractivity (Wildman–Crippen MR) is 82.4 cm³/mol. The lowest BCUT2D eigenvalue weighted by Crippen LogP contribution is -2.23. The lowest BCUT2D eigenvalue weighted by molar-refractivity contribution is -0.385. The van der Waals surface area contributed by atoms with Gasteiger partial charge < -0.3 is 5.32 Å². The highest BCUT2D eigenvalue weighted by Gasteiger charge is 2.20. The van der Waals surface area contributed by atoms with Crippen LogP contribution in [0.25, 0.3) is 0 Å². The van der Waals surface area contributed by atoms with Crippen LogP contribution >= 0.6 is 11.8 Å². The van der Waals surface area contributed by atoms with Crippen molar-refractivity contribution in [2.24, 2.45) is 0 Å². The van der Waals surface area contributed by atoms with Gasteiger partial charge in [-0.3, -0.25) is 14.9 Å². The maximum Gasteiger partial charge on any atom is 0.282 e. The molecule has 0 saturated carbocycles. The summed E-state index contributed by atoms with van der Waals surface area (Å²) in [6, 6.07) is 10.1. The maximum atomic E-state index is 12.8. The molecule has 114 valence electrons. The highest BCUT2D eigenvalue weighted by atomic mass is 32.2. The second-order valence-corrected chi connectivity index (χ2v) is 5.33. The van der Waals surface area contributed by atoms with E-state index >= 15 is 0 Å². The molecule has 2 aromatic rings. The lowest BCUT2D eigenvalue weighted by atomic mass is 10.1. The molecule has 22 heavy (non-hydrogen) atoms. The van der Waals surface area contributed by atoms with Crippen LogP contribution in [-0.2, 0) is 6.54 Å². The molecule has 0 radical (unpaired) electrons. The van der Waals surface area contributed by atoms with Gasteiger partial charge in [0.05, 0.1) is 4.92 Å². The molecule has 0 aliphatic rings. The molecule has 0 aliphatic carbocycles. The fourth-order valence-corrected chi connectivity index (χ4v) is 2.30. The normalized spacial score (nSPS) is 10.3. The molecule has 2 rings (SSSR count). The van der Waals surface area contributed by atoms with E-state index in [0.29, 0.717) is 5.56 Å². The zero-order valence-corrected chi connectivity index (χ0v) is 12.5. The van der Waals surface area contributed by atoms with E-state index in [1.165, 1.54) is 36.0 Å². The van der Waals surface area contributed by atoms with Crippen molar-refractivity contribution in [3.05, 3.63) is 69.5 Å². The fourth-order valence-electron chi connectivity index (χ4n) is 1.86. The highest BCUT2D eigenvalue weighted by molar-refractivity contribution is 7.98. The minimum atomic E-state index is -0.586. The Balaban J connectivity index is 2.17. The number of carbonyl (C=O) groups is 1. The summed E-state index contributed by atoms with van der Waals surface area (Å²) in [5.74, 6) is -0.898. The molecular formula is C15H13FN2O3S. The Bertz CT molecular complexity index is 704. The van der Waals surface area contributed by atoms with Gasteiger partial charge in [-0.05, 0) is 36.1 Å². The molecule has 0 bridgehead atoms. The van der Waals surface area contributed by atoms with Gasteiger partial charge in [0, 0.05) is 17.5 Å². The Hall–Kier alpha value is -2.41. The van der Waals surface area contributed by atoms with E-state index in [9.17, 15) is 19.3 Å². The zero-order valence-electron chi connectivity index (χ0n) is 11.7. The van der Waals surface area contributed by atoms with E-state index in [1.807, 2.05) is 6.26 Å². The molecule has 5 nitrogen and oxygen atoms in total. The van der Waals surface area contributed by atoms with Gasteiger partial charge in [0.2, 0.25) is 0 Å². The third-order valence-electron chi connectivity index (χ3n) is 3.01. The van der Waals surface area contributed by atoms with Gasteiger partial charge in [0.1, 0.15) is 11.4 Å². The second-order valence-electron chi connectivity index (χ2n) is 4.45. The molecule has 7 heteroatoms. The predicted octanol–water partition coefficient (Wildman–Crippen LogP) is 3.39. The SMILES string of the molecule is CSc1ccc([N+](=O)[O-])c(C(=O)NCc2ccc(F)cc2)c1. The monoisotopic (exact) mass is 320 g/mol. The van der Waals surface area contributed by atoms with E-state index in [2.05, 4.69) is 5.32 Å². The number of rotatable bonds is 5. The number of nitrogens with one attached hydrogen (secondary N) is 1. The molecule has 0 heterocycles. The van der Waals surface area contributed by atoms with Gasteiger partial charge in [-0.1, -0.05) is 12.1 Å². The lowest BCUT2D eigenvalue weighted by Gasteiger charge is -2.07. The summed E-state index contributed by atoms with van der Waals surface area (Å²) in [5, 5.41) is 13.6. The van der Waals surface area contributed by atoms with Crippen LogP contribution in [0, 0.1) is 15.9 Å². The fraction of sp³-hybridized carbons (Fsp3) is 0.133. The Morgan fingerprint density at radius 3 is 2.55 bits per heavy atom. The molecule has 2 aromatic carbocycles. The molecule has 0 spiro atoms. The molecule has 0 aromatic heterocycles. The van der Waals surface area contributed by atoms with Gasteiger partial charge in [0.25, 0.3) is 11.6 Å². The number of halogens is 1. The van der Waals surface area contributed by atoms with E-state index in [1.54, 1.807) is 18.2 Å². The van der Waals surface area contributed by atoms with Crippen molar-refractivity contribution in [2.45, 2.75) is 11.4 Å². The first kappa shape index (κ1) is 16.0. The molecule has 0 saturated heterocycles. The summed E-state index contributed by atoms with van der Waals surface area (Å²) in [6.07, 6.45) is 1.82. The molecule has 1 N–H and O–H groups in total. The zero-order chi connectivity index (χ0) is 16.1. The molecule has 0 aliphatic heterocycles. The minimum absolute atomic E-state index is 0.0129. The number of amides is 1. The summed E-state index contributed by atoms with van der Waals surface area (Å²) in [4.78, 5) is 23.4. The molecule has 0 unspecified atom stereocenters. The highest BCUT2D eigenvalue weighted by Crippen LogP contribution is 2.24. The van der Waals surface area contributed by atoms with Crippen LogP contribution in [-0.4, -0.2) is 17.1 Å². The van der Waals surface area contributed by atoms with Crippen molar-refractivity contribution in [3.63, 3.8) is 0 Å². The van der Waals surface area contributed by atoms with E-state index in [4.69, 9.17) is 0 Å². The number of nitro groups is 1. The second kappa shape index (κ2) is 7.04. The van der Waals surface area contributed by atoms with E-state index in [0.717, 1.165) is 4.90 Å². The van der Waals surface area contributed by atoms with Crippen LogP contribution in [0.2, 0.25) is 0 Å². The van der Waals surface area contributed by atoms with Crippen molar-refractivity contribution in [3.8, 4) is 0 Å². The topological polar surface area (TPSA) is 72.2 Å². The summed E-state index contributed by atoms with van der Waals surface area (Å²) in [5.41, 5.74) is 0.479. The summed E-state index contributed by atoms with van der Waals surface area (Å²) in [7, 11) is 0. The number of nitro benzene ring substituents is 1. The number of hydrogen-bond acceptors (Lipinski definition) is 4. The van der Waals surface area contributed by atoms with Crippen LogP contribution in [0.4, 0.5) is 10.1 Å². The first-order valence-corrected chi connectivity index (χ1v) is 7.59. The Morgan fingerprint density at radius 2 is 1.95 bits per heavy atom. The first-order chi connectivity index (χ1) is 10.5. The average molecular weight is 320 g/mol. The standard InChI is InChI=1S/C15H13FN2O3S/c1-22-12-6-7-14(18(20)21)13(8-12)15(19)17-9-10-2-4-11(16)5-3-10/h2-8H,9H2,1H3,(H,17,19). The third-order valence-corrected chi connectivity index (χ3v) is 3.74. The Labute approximate surface area is 130 Å². The van der Waals surface area contributed by atoms with Crippen molar-refractivity contribution >= 4 is 23.4 Å². The van der Waals surface area contributed by atoms with Gasteiger partial charge in [-0.2, -0.15) is 0 Å². The van der Waals surface area contributed by atoms with Gasteiger partial charge >= 0.3 is 0 Å². The Kier molecular flexibility index (Phi) is 5.11. The minimum Gasteiger partial charge on any atom is -0.348 e. The first-order valence-electron chi connectivity index (χ1n) is 6.36. The maximum absolute atomic E-state index is 12.8. The van der Waals surface area contributed by atoms with Crippen LogP contribution in [0.1, 0.15) is 15.9 Å². The largest absolute Gasteiger partial charge is 0.348 e. The van der Waals surface area contributed by atoms with Gasteiger partial charge in [-0.15, -0.1) is 11.8 Å². The number of nitrogens with zero attached hydrogens (tertiary/aromatic N) is 1.